The SMILES string of the molecule is c1ccc(-c2nn[nH]n2)c(OCCCN2CCC(n3ccc4ccccc43)CC2)c1. The van der Waals surface area contributed by atoms with Crippen LogP contribution in [0.2, 0.25) is 0 Å². The Morgan fingerprint density at radius 1 is 1.00 bits per heavy atom. The largest absolute Gasteiger partial charge is 0.493 e. The average Bonchev–Trinajstić information content (AvgIpc) is 3.48. The molecule has 0 bridgehead atoms. The van der Waals surface area contributed by atoms with Crippen molar-refractivity contribution in [1.82, 2.24) is 30.1 Å². The molecule has 5 rings (SSSR count). The Morgan fingerprint density at radius 3 is 2.70 bits per heavy atom. The predicted molar refractivity (Wildman–Crippen MR) is 116 cm³/mol. The van der Waals surface area contributed by atoms with Crippen molar-refractivity contribution in [3.63, 3.8) is 0 Å². The molecule has 0 aliphatic carbocycles. The molecule has 1 fully saturated rings. The summed E-state index contributed by atoms with van der Waals surface area (Å²) in [5.74, 6) is 1.36. The van der Waals surface area contributed by atoms with Gasteiger partial charge in [-0.1, -0.05) is 30.3 Å². The molecule has 0 saturated carbocycles. The zero-order valence-corrected chi connectivity index (χ0v) is 16.9. The lowest BCUT2D eigenvalue weighted by atomic mass is 10.0. The molecule has 2 aromatic carbocycles. The van der Waals surface area contributed by atoms with Crippen LogP contribution in [0.1, 0.15) is 25.3 Å². The molecule has 3 heterocycles. The van der Waals surface area contributed by atoms with Crippen LogP contribution in [-0.4, -0.2) is 56.3 Å². The smallest absolute Gasteiger partial charge is 0.208 e. The van der Waals surface area contributed by atoms with Gasteiger partial charge in [-0.25, -0.2) is 0 Å². The third kappa shape index (κ3) is 3.93. The van der Waals surface area contributed by atoms with Crippen LogP contribution in [-0.2, 0) is 0 Å². The number of fused-ring (bicyclic) bond motifs is 1. The number of likely N-dealkylation sites (tertiary alicyclic amines) is 1. The molecule has 0 unspecified atom stereocenters. The number of hydrogen-bond acceptors (Lipinski definition) is 5. The molecule has 0 atom stereocenters. The summed E-state index contributed by atoms with van der Waals surface area (Å²) in [6.45, 7) is 4.01. The Morgan fingerprint density at radius 2 is 1.83 bits per heavy atom. The minimum Gasteiger partial charge on any atom is -0.493 e. The minimum absolute atomic E-state index is 0.560. The molecule has 154 valence electrons. The molecule has 30 heavy (non-hydrogen) atoms. The van der Waals surface area contributed by atoms with E-state index in [9.17, 15) is 0 Å². The molecule has 1 N–H and O–H groups in total. The number of hydrogen-bond donors (Lipinski definition) is 1. The summed E-state index contributed by atoms with van der Waals surface area (Å²) in [6.07, 6.45) is 5.64. The van der Waals surface area contributed by atoms with E-state index in [1.807, 2.05) is 24.3 Å². The maximum Gasteiger partial charge on any atom is 0.208 e. The first-order valence-corrected chi connectivity index (χ1v) is 10.6. The molecule has 1 saturated heterocycles. The van der Waals surface area contributed by atoms with Crippen LogP contribution < -0.4 is 4.74 Å². The summed E-state index contributed by atoms with van der Waals surface area (Å²) in [5, 5.41) is 15.6. The fourth-order valence-corrected chi connectivity index (χ4v) is 4.37. The molecule has 0 spiro atoms. The number of aromatic nitrogens is 5. The zero-order chi connectivity index (χ0) is 20.2. The molecule has 1 aliphatic heterocycles. The van der Waals surface area contributed by atoms with Gasteiger partial charge in [0.2, 0.25) is 5.82 Å². The Bertz CT molecular complexity index is 1080. The first-order chi connectivity index (χ1) is 14.9. The van der Waals surface area contributed by atoms with E-state index < -0.39 is 0 Å². The maximum atomic E-state index is 6.03. The third-order valence-electron chi connectivity index (χ3n) is 5.93. The van der Waals surface area contributed by atoms with Crippen LogP contribution in [0.3, 0.4) is 0 Å². The highest BCUT2D eigenvalue weighted by Crippen LogP contribution is 2.28. The van der Waals surface area contributed by atoms with Crippen LogP contribution in [0.25, 0.3) is 22.3 Å². The molecular weight excluding hydrogens is 376 g/mol. The molecule has 0 amide bonds. The topological polar surface area (TPSA) is 71.9 Å². The van der Waals surface area contributed by atoms with Crippen molar-refractivity contribution in [1.29, 1.82) is 0 Å². The lowest BCUT2D eigenvalue weighted by molar-refractivity contribution is 0.174. The number of H-pyrrole nitrogens is 1. The van der Waals surface area contributed by atoms with E-state index in [0.717, 1.165) is 37.4 Å². The average molecular weight is 403 g/mol. The van der Waals surface area contributed by atoms with E-state index in [-0.39, 0.29) is 0 Å². The molecule has 7 heteroatoms. The fourth-order valence-electron chi connectivity index (χ4n) is 4.37. The van der Waals surface area contributed by atoms with E-state index in [4.69, 9.17) is 4.74 Å². The summed E-state index contributed by atoms with van der Waals surface area (Å²) in [4.78, 5) is 2.55. The first kappa shape index (κ1) is 18.8. The van der Waals surface area contributed by atoms with Gasteiger partial charge in [-0.05, 0) is 54.1 Å². The van der Waals surface area contributed by atoms with Gasteiger partial charge in [0.1, 0.15) is 5.75 Å². The van der Waals surface area contributed by atoms with E-state index in [0.29, 0.717) is 18.5 Å². The van der Waals surface area contributed by atoms with Gasteiger partial charge in [-0.2, -0.15) is 5.21 Å². The van der Waals surface area contributed by atoms with Crippen molar-refractivity contribution >= 4 is 10.9 Å². The molecule has 2 aromatic heterocycles. The van der Waals surface area contributed by atoms with E-state index in [1.54, 1.807) is 0 Å². The molecule has 4 aromatic rings. The summed E-state index contributed by atoms with van der Waals surface area (Å²) in [5.41, 5.74) is 2.22. The van der Waals surface area contributed by atoms with E-state index in [2.05, 4.69) is 66.6 Å². The number of ether oxygens (including phenoxy) is 1. The maximum absolute atomic E-state index is 6.03. The highest BCUT2D eigenvalue weighted by molar-refractivity contribution is 5.80. The number of tetrazole rings is 1. The number of aromatic amines is 1. The molecule has 1 aliphatic rings. The summed E-state index contributed by atoms with van der Waals surface area (Å²) in [6, 6.07) is 19.3. The van der Waals surface area contributed by atoms with Crippen LogP contribution in [0.15, 0.2) is 60.8 Å². The zero-order valence-electron chi connectivity index (χ0n) is 16.9. The number of rotatable bonds is 7. The Kier molecular flexibility index (Phi) is 5.44. The van der Waals surface area contributed by atoms with Crippen molar-refractivity contribution in [2.24, 2.45) is 0 Å². The number of nitrogens with one attached hydrogen (secondary N) is 1. The van der Waals surface area contributed by atoms with E-state index >= 15 is 0 Å². The van der Waals surface area contributed by atoms with Crippen molar-refractivity contribution in [3.8, 4) is 17.1 Å². The summed E-state index contributed by atoms with van der Waals surface area (Å²) >= 11 is 0. The fraction of sp³-hybridized carbons (Fsp3) is 0.348. The second kappa shape index (κ2) is 8.67. The van der Waals surface area contributed by atoms with Crippen molar-refractivity contribution in [2.45, 2.75) is 25.3 Å². The van der Waals surface area contributed by atoms with Crippen LogP contribution >= 0.6 is 0 Å². The number of nitrogens with zero attached hydrogens (tertiary/aromatic N) is 5. The van der Waals surface area contributed by atoms with E-state index in [1.165, 1.54) is 23.7 Å². The van der Waals surface area contributed by atoms with Gasteiger partial charge in [-0.15, -0.1) is 10.2 Å². The van der Waals surface area contributed by atoms with Crippen LogP contribution in [0.4, 0.5) is 0 Å². The normalized spacial score (nSPS) is 15.6. The highest BCUT2D eigenvalue weighted by Gasteiger charge is 2.21. The van der Waals surface area contributed by atoms with Crippen molar-refractivity contribution < 1.29 is 4.74 Å². The van der Waals surface area contributed by atoms with Crippen molar-refractivity contribution in [3.05, 3.63) is 60.8 Å². The van der Waals surface area contributed by atoms with Gasteiger partial charge < -0.3 is 14.2 Å². The van der Waals surface area contributed by atoms with Crippen LogP contribution in [0.5, 0.6) is 5.75 Å². The van der Waals surface area contributed by atoms with Gasteiger partial charge in [0.05, 0.1) is 12.2 Å². The standard InChI is InChI=1S/C23H26N6O/c1-3-8-21-18(6-1)10-16-29(21)19-11-14-28(15-12-19)13-5-17-30-22-9-4-2-7-20(22)23-24-26-27-25-23/h1-4,6-10,16,19H,5,11-15,17H2,(H,24,25,26,27). The Labute approximate surface area is 175 Å². The third-order valence-corrected chi connectivity index (χ3v) is 5.93. The summed E-state index contributed by atoms with van der Waals surface area (Å²) in [7, 11) is 0. The monoisotopic (exact) mass is 402 g/mol. The van der Waals surface area contributed by atoms with Gasteiger partial charge in [-0.3, -0.25) is 0 Å². The predicted octanol–water partition coefficient (Wildman–Crippen LogP) is 3.93. The highest BCUT2D eigenvalue weighted by atomic mass is 16.5. The molecule has 0 radical (unpaired) electrons. The number of para-hydroxylation sites is 2. The number of piperidine rings is 1. The van der Waals surface area contributed by atoms with Crippen LogP contribution in [0, 0.1) is 0 Å². The molecular formula is C23H26N6O. The second-order valence-corrected chi connectivity index (χ2v) is 7.79. The van der Waals surface area contributed by atoms with Gasteiger partial charge >= 0.3 is 0 Å². The minimum atomic E-state index is 0.560. The van der Waals surface area contributed by atoms with Gasteiger partial charge in [0.25, 0.3) is 0 Å². The number of benzene rings is 2. The Hall–Kier alpha value is -3.19. The quantitative estimate of drug-likeness (QED) is 0.474. The molecule has 7 nitrogen and oxygen atoms in total. The second-order valence-electron chi connectivity index (χ2n) is 7.79. The van der Waals surface area contributed by atoms with Gasteiger partial charge in [0.15, 0.2) is 0 Å². The van der Waals surface area contributed by atoms with Crippen molar-refractivity contribution in [2.75, 3.05) is 26.2 Å². The summed E-state index contributed by atoms with van der Waals surface area (Å²) < 4.78 is 8.49. The lowest BCUT2D eigenvalue weighted by Crippen LogP contribution is -2.35. The van der Waals surface area contributed by atoms with Gasteiger partial charge in [0, 0.05) is 37.4 Å². The first-order valence-electron chi connectivity index (χ1n) is 10.6. The Balaban J connectivity index is 1.10. The lowest BCUT2D eigenvalue weighted by Gasteiger charge is -2.33.